The van der Waals surface area contributed by atoms with Gasteiger partial charge in [-0.2, -0.15) is 0 Å². The van der Waals surface area contributed by atoms with Crippen molar-refractivity contribution in [2.45, 2.75) is 26.9 Å². The molecule has 0 spiro atoms. The lowest BCUT2D eigenvalue weighted by Gasteiger charge is -2.16. The molecule has 0 saturated carbocycles. The molecule has 1 amide bonds. The summed E-state index contributed by atoms with van der Waals surface area (Å²) in [5.41, 5.74) is 3.78. The molecular weight excluding hydrogens is 328 g/mol. The lowest BCUT2D eigenvalue weighted by molar-refractivity contribution is 0.0933. The molecule has 1 atom stereocenters. The number of amides is 1. The Morgan fingerprint density at radius 3 is 2.50 bits per heavy atom. The van der Waals surface area contributed by atoms with E-state index in [0.717, 1.165) is 28.1 Å². The molecule has 1 heterocycles. The highest BCUT2D eigenvalue weighted by atomic mass is 16.5. The molecule has 0 aliphatic rings. The van der Waals surface area contributed by atoms with Crippen LogP contribution < -0.4 is 14.8 Å². The molecule has 0 aliphatic heterocycles. The van der Waals surface area contributed by atoms with Crippen LogP contribution in [-0.4, -0.2) is 30.6 Å². The van der Waals surface area contributed by atoms with Crippen molar-refractivity contribution in [1.82, 2.24) is 10.3 Å². The molecule has 0 radical (unpaired) electrons. The predicted octanol–water partition coefficient (Wildman–Crippen LogP) is 3.99. The van der Waals surface area contributed by atoms with Crippen LogP contribution in [0.2, 0.25) is 0 Å². The van der Waals surface area contributed by atoms with Crippen LogP contribution in [0.5, 0.6) is 11.5 Å². The fraction of sp³-hybridized carbons (Fsp3) is 0.286. The summed E-state index contributed by atoms with van der Waals surface area (Å²) in [5.74, 6) is 1.41. The highest BCUT2D eigenvalue weighted by molar-refractivity contribution is 6.06. The number of benzene rings is 2. The van der Waals surface area contributed by atoms with Crippen LogP contribution in [0.15, 0.2) is 42.5 Å². The van der Waals surface area contributed by atoms with E-state index in [1.165, 1.54) is 5.56 Å². The summed E-state index contributed by atoms with van der Waals surface area (Å²) in [5, 5.41) is 4.03. The maximum atomic E-state index is 12.6. The van der Waals surface area contributed by atoms with Gasteiger partial charge in [-0.3, -0.25) is 4.79 Å². The number of rotatable bonds is 6. The molecule has 3 aromatic rings. The van der Waals surface area contributed by atoms with Crippen LogP contribution in [0.25, 0.3) is 10.9 Å². The summed E-state index contributed by atoms with van der Waals surface area (Å²) in [6.07, 6.45) is -0.154. The van der Waals surface area contributed by atoms with Crippen molar-refractivity contribution in [3.63, 3.8) is 0 Å². The second-order valence-corrected chi connectivity index (χ2v) is 6.42. The van der Waals surface area contributed by atoms with Gasteiger partial charge in [-0.15, -0.1) is 0 Å². The Hall–Kier alpha value is -2.95. The molecule has 0 bridgehead atoms. The molecule has 136 valence electrons. The van der Waals surface area contributed by atoms with Crippen molar-refractivity contribution in [2.75, 3.05) is 13.7 Å². The van der Waals surface area contributed by atoms with E-state index >= 15 is 0 Å². The molecular formula is C21H24N2O3. The first-order valence-electron chi connectivity index (χ1n) is 8.66. The van der Waals surface area contributed by atoms with Gasteiger partial charge in [0, 0.05) is 11.1 Å². The number of methoxy groups -OCH3 is 1. The first-order chi connectivity index (χ1) is 12.5. The average molecular weight is 352 g/mol. The largest absolute Gasteiger partial charge is 0.497 e. The normalized spacial score (nSPS) is 12.0. The molecule has 0 fully saturated rings. The molecule has 5 nitrogen and oxygen atoms in total. The molecule has 0 unspecified atom stereocenters. The van der Waals surface area contributed by atoms with Gasteiger partial charge in [0.25, 0.3) is 5.91 Å². The zero-order chi connectivity index (χ0) is 18.7. The minimum Gasteiger partial charge on any atom is -0.497 e. The quantitative estimate of drug-likeness (QED) is 0.705. The number of aromatic nitrogens is 1. The number of carbonyl (C=O) groups is 1. The number of carbonyl (C=O) groups excluding carboxylic acids is 1. The zero-order valence-electron chi connectivity index (χ0n) is 15.6. The van der Waals surface area contributed by atoms with E-state index in [9.17, 15) is 4.79 Å². The van der Waals surface area contributed by atoms with Gasteiger partial charge < -0.3 is 19.8 Å². The van der Waals surface area contributed by atoms with Gasteiger partial charge in [-0.05, 0) is 56.7 Å². The maximum Gasteiger partial charge on any atom is 0.253 e. The lowest BCUT2D eigenvalue weighted by Crippen LogP contribution is -2.33. The first-order valence-corrected chi connectivity index (χ1v) is 8.66. The van der Waals surface area contributed by atoms with Crippen LogP contribution in [-0.2, 0) is 0 Å². The topological polar surface area (TPSA) is 63.4 Å². The molecule has 2 aromatic carbocycles. The van der Waals surface area contributed by atoms with Gasteiger partial charge in [0.2, 0.25) is 0 Å². The molecule has 1 aromatic heterocycles. The summed E-state index contributed by atoms with van der Waals surface area (Å²) in [6, 6.07) is 13.2. The Labute approximate surface area is 153 Å². The number of H-pyrrole nitrogens is 1. The number of para-hydroxylation sites is 1. The van der Waals surface area contributed by atoms with E-state index < -0.39 is 0 Å². The van der Waals surface area contributed by atoms with E-state index in [4.69, 9.17) is 9.47 Å². The number of aryl methyl sites for hydroxylation is 2. The van der Waals surface area contributed by atoms with Crippen LogP contribution in [0.4, 0.5) is 0 Å². The summed E-state index contributed by atoms with van der Waals surface area (Å²) in [6.45, 7) is 6.41. The molecule has 2 N–H and O–H groups in total. The summed E-state index contributed by atoms with van der Waals surface area (Å²) in [7, 11) is 1.63. The third-order valence-corrected chi connectivity index (χ3v) is 4.53. The van der Waals surface area contributed by atoms with Crippen molar-refractivity contribution in [3.8, 4) is 11.5 Å². The standard InChI is InChI=1S/C21H24N2O3/c1-13(26-17-10-8-16(25-4)9-11-17)12-22-21(24)19-7-5-6-18-14(2)15(3)23-20(18)19/h5-11,13,23H,12H2,1-4H3,(H,22,24)/t13-/m1/s1. The molecule has 5 heteroatoms. The molecule has 26 heavy (non-hydrogen) atoms. The monoisotopic (exact) mass is 352 g/mol. The second-order valence-electron chi connectivity index (χ2n) is 6.42. The maximum absolute atomic E-state index is 12.6. The fourth-order valence-electron chi connectivity index (χ4n) is 2.93. The van der Waals surface area contributed by atoms with Crippen LogP contribution in [0.3, 0.4) is 0 Å². The van der Waals surface area contributed by atoms with Crippen LogP contribution in [0.1, 0.15) is 28.5 Å². The van der Waals surface area contributed by atoms with E-state index in [1.807, 2.05) is 56.3 Å². The Morgan fingerprint density at radius 2 is 1.81 bits per heavy atom. The number of ether oxygens (including phenoxy) is 2. The van der Waals surface area contributed by atoms with Crippen LogP contribution >= 0.6 is 0 Å². The predicted molar refractivity (Wildman–Crippen MR) is 103 cm³/mol. The minimum absolute atomic E-state index is 0.109. The van der Waals surface area contributed by atoms with E-state index in [2.05, 4.69) is 17.2 Å². The van der Waals surface area contributed by atoms with Crippen molar-refractivity contribution in [1.29, 1.82) is 0 Å². The minimum atomic E-state index is -0.154. The number of hydrogen-bond donors (Lipinski definition) is 2. The van der Waals surface area contributed by atoms with Crippen molar-refractivity contribution in [2.24, 2.45) is 0 Å². The number of fused-ring (bicyclic) bond motifs is 1. The number of nitrogens with one attached hydrogen (secondary N) is 2. The zero-order valence-corrected chi connectivity index (χ0v) is 15.6. The summed E-state index contributed by atoms with van der Waals surface area (Å²) < 4.78 is 11.0. The Balaban J connectivity index is 1.64. The highest BCUT2D eigenvalue weighted by Gasteiger charge is 2.15. The third-order valence-electron chi connectivity index (χ3n) is 4.53. The lowest BCUT2D eigenvalue weighted by atomic mass is 10.1. The highest BCUT2D eigenvalue weighted by Crippen LogP contribution is 2.24. The van der Waals surface area contributed by atoms with Gasteiger partial charge in [-0.1, -0.05) is 12.1 Å². The summed E-state index contributed by atoms with van der Waals surface area (Å²) in [4.78, 5) is 15.9. The average Bonchev–Trinajstić information content (AvgIpc) is 2.94. The SMILES string of the molecule is COc1ccc(O[C@H](C)CNC(=O)c2cccc3c(C)c(C)[nH]c23)cc1. The van der Waals surface area contributed by atoms with Crippen molar-refractivity contribution in [3.05, 3.63) is 59.3 Å². The molecule has 3 rings (SSSR count). The van der Waals surface area contributed by atoms with Gasteiger partial charge in [0.05, 0.1) is 24.7 Å². The number of aromatic amines is 1. The Kier molecular flexibility index (Phi) is 5.16. The third kappa shape index (κ3) is 3.67. The van der Waals surface area contributed by atoms with Gasteiger partial charge in [0.1, 0.15) is 17.6 Å². The van der Waals surface area contributed by atoms with Crippen LogP contribution in [0, 0.1) is 13.8 Å². The van der Waals surface area contributed by atoms with E-state index in [-0.39, 0.29) is 12.0 Å². The molecule has 0 aliphatic carbocycles. The molecule has 0 saturated heterocycles. The van der Waals surface area contributed by atoms with Crippen molar-refractivity contribution >= 4 is 16.8 Å². The van der Waals surface area contributed by atoms with E-state index in [0.29, 0.717) is 12.1 Å². The van der Waals surface area contributed by atoms with Gasteiger partial charge in [-0.25, -0.2) is 0 Å². The first kappa shape index (κ1) is 17.9. The van der Waals surface area contributed by atoms with Crippen molar-refractivity contribution < 1.29 is 14.3 Å². The van der Waals surface area contributed by atoms with E-state index in [1.54, 1.807) is 7.11 Å². The second kappa shape index (κ2) is 7.52. The smallest absolute Gasteiger partial charge is 0.253 e. The fourth-order valence-corrected chi connectivity index (χ4v) is 2.93. The van der Waals surface area contributed by atoms with Gasteiger partial charge >= 0.3 is 0 Å². The summed E-state index contributed by atoms with van der Waals surface area (Å²) >= 11 is 0. The number of hydrogen-bond acceptors (Lipinski definition) is 3. The Morgan fingerprint density at radius 1 is 1.12 bits per heavy atom. The van der Waals surface area contributed by atoms with Gasteiger partial charge in [0.15, 0.2) is 0 Å². The Bertz CT molecular complexity index is 913.